The van der Waals surface area contributed by atoms with E-state index in [0.29, 0.717) is 0 Å². The lowest BCUT2D eigenvalue weighted by Gasteiger charge is -2.29. The van der Waals surface area contributed by atoms with E-state index in [-0.39, 0.29) is 0 Å². The maximum atomic E-state index is 6.61. The second-order valence-electron chi connectivity index (χ2n) is 14.0. The first-order chi connectivity index (χ1) is 27.3. The topological polar surface area (TPSA) is 16.4 Å². The van der Waals surface area contributed by atoms with Crippen LogP contribution >= 0.6 is 11.3 Å². The van der Waals surface area contributed by atoms with Crippen LogP contribution in [0.15, 0.2) is 205 Å². The zero-order valence-corrected chi connectivity index (χ0v) is 30.6. The number of thiophene rings is 1. The average molecular weight is 720 g/mol. The Morgan fingerprint density at radius 1 is 0.364 bits per heavy atom. The summed E-state index contributed by atoms with van der Waals surface area (Å²) in [6.07, 6.45) is 0. The normalized spacial score (nSPS) is 11.6. The van der Waals surface area contributed by atoms with Crippen LogP contribution in [0.25, 0.3) is 86.3 Å². The number of fused-ring (bicyclic) bond motifs is 7. The van der Waals surface area contributed by atoms with Gasteiger partial charge in [-0.2, -0.15) is 0 Å². The largest absolute Gasteiger partial charge is 0.455 e. The zero-order chi connectivity index (χ0) is 36.3. The first-order valence-electron chi connectivity index (χ1n) is 18.7. The van der Waals surface area contributed by atoms with E-state index in [1.807, 2.05) is 17.4 Å². The van der Waals surface area contributed by atoms with Gasteiger partial charge in [0, 0.05) is 47.6 Å². The molecule has 0 aliphatic rings. The number of nitrogens with zero attached hydrogens (tertiary/aromatic N) is 1. The van der Waals surface area contributed by atoms with Crippen LogP contribution in [0.4, 0.5) is 17.1 Å². The van der Waals surface area contributed by atoms with Gasteiger partial charge >= 0.3 is 0 Å². The van der Waals surface area contributed by atoms with Crippen molar-refractivity contribution in [2.75, 3.05) is 4.90 Å². The van der Waals surface area contributed by atoms with E-state index < -0.39 is 0 Å². The summed E-state index contributed by atoms with van der Waals surface area (Å²) in [6.45, 7) is 0. The number of para-hydroxylation sites is 2. The lowest BCUT2D eigenvalue weighted by Crippen LogP contribution is -2.11. The van der Waals surface area contributed by atoms with Crippen molar-refractivity contribution in [2.24, 2.45) is 0 Å². The molecule has 0 atom stereocenters. The minimum absolute atomic E-state index is 0.899. The Bertz CT molecular complexity index is 3210. The number of furan rings is 1. The van der Waals surface area contributed by atoms with Crippen LogP contribution < -0.4 is 4.90 Å². The molecule has 55 heavy (non-hydrogen) atoms. The Kier molecular flexibility index (Phi) is 7.39. The fraction of sp³-hybridized carbons (Fsp3) is 0. The SMILES string of the molecule is c1ccc(-c2cc(N(c3ccc(-c4ccccc4)c4ccccc34)c3cccc4sc5ccccc5c34)ccc2-c2cccc3c2oc2ccccc23)cc1. The van der Waals surface area contributed by atoms with Gasteiger partial charge in [0.25, 0.3) is 0 Å². The maximum absolute atomic E-state index is 6.61. The molecule has 0 saturated carbocycles. The summed E-state index contributed by atoms with van der Waals surface area (Å²) in [5, 5.41) is 7.19. The quantitative estimate of drug-likeness (QED) is 0.170. The molecule has 0 aliphatic carbocycles. The number of rotatable bonds is 6. The Morgan fingerprint density at radius 2 is 0.982 bits per heavy atom. The summed E-state index contributed by atoms with van der Waals surface area (Å²) in [7, 11) is 0. The first kappa shape index (κ1) is 31.6. The Labute approximate surface area is 322 Å². The van der Waals surface area contributed by atoms with E-state index in [9.17, 15) is 0 Å². The Balaban J connectivity index is 1.21. The highest BCUT2D eigenvalue weighted by Gasteiger charge is 2.23. The molecule has 11 aromatic rings. The van der Waals surface area contributed by atoms with Crippen molar-refractivity contribution < 1.29 is 4.42 Å². The third kappa shape index (κ3) is 5.16. The molecule has 3 heteroatoms. The monoisotopic (exact) mass is 719 g/mol. The molecule has 2 aromatic heterocycles. The molecule has 0 N–H and O–H groups in total. The lowest BCUT2D eigenvalue weighted by atomic mass is 9.92. The number of hydrogen-bond acceptors (Lipinski definition) is 3. The van der Waals surface area contributed by atoms with E-state index in [2.05, 4.69) is 199 Å². The Hall–Kier alpha value is -6.94. The van der Waals surface area contributed by atoms with Crippen LogP contribution in [0.2, 0.25) is 0 Å². The summed E-state index contributed by atoms with van der Waals surface area (Å²) < 4.78 is 9.17. The lowest BCUT2D eigenvalue weighted by molar-refractivity contribution is 0.670. The smallest absolute Gasteiger partial charge is 0.143 e. The minimum atomic E-state index is 0.899. The fourth-order valence-electron chi connectivity index (χ4n) is 8.42. The molecule has 0 unspecified atom stereocenters. The maximum Gasteiger partial charge on any atom is 0.143 e. The standard InChI is InChI=1S/C52H33NOS/c1-3-15-34(16-4-1)37-31-32-46(40-20-8-7-19-38(37)40)53(47-25-14-28-50-51(47)44-22-10-12-27-49(44)55-50)36-29-30-39(45(33-36)35-17-5-2-6-18-35)42-23-13-24-43-41-21-9-11-26-48(41)54-52(42)43/h1-33H. The minimum Gasteiger partial charge on any atom is -0.455 e. The van der Waals surface area contributed by atoms with E-state index in [4.69, 9.17) is 4.42 Å². The molecule has 2 nitrogen and oxygen atoms in total. The van der Waals surface area contributed by atoms with E-state index in [0.717, 1.165) is 61.3 Å². The molecular weight excluding hydrogens is 687 g/mol. The predicted molar refractivity (Wildman–Crippen MR) is 235 cm³/mol. The van der Waals surface area contributed by atoms with E-state index >= 15 is 0 Å². The summed E-state index contributed by atoms with van der Waals surface area (Å²) in [6, 6.07) is 72.2. The van der Waals surface area contributed by atoms with Gasteiger partial charge in [-0.15, -0.1) is 11.3 Å². The van der Waals surface area contributed by atoms with Crippen LogP contribution in [-0.2, 0) is 0 Å². The van der Waals surface area contributed by atoms with Gasteiger partial charge in [0.05, 0.1) is 11.4 Å². The predicted octanol–water partition coefficient (Wildman–Crippen LogP) is 15.6. The summed E-state index contributed by atoms with van der Waals surface area (Å²) in [5.41, 5.74) is 12.1. The summed E-state index contributed by atoms with van der Waals surface area (Å²) in [5.74, 6) is 0. The van der Waals surface area contributed by atoms with Crippen molar-refractivity contribution in [3.63, 3.8) is 0 Å². The second-order valence-corrected chi connectivity index (χ2v) is 15.1. The summed E-state index contributed by atoms with van der Waals surface area (Å²) in [4.78, 5) is 2.48. The van der Waals surface area contributed by atoms with Crippen LogP contribution in [-0.4, -0.2) is 0 Å². The third-order valence-electron chi connectivity index (χ3n) is 10.9. The van der Waals surface area contributed by atoms with Gasteiger partial charge in [0.15, 0.2) is 0 Å². The Morgan fingerprint density at radius 3 is 1.80 bits per heavy atom. The van der Waals surface area contributed by atoms with Crippen LogP contribution in [0.1, 0.15) is 0 Å². The molecule has 0 fully saturated rings. The van der Waals surface area contributed by atoms with E-state index in [1.54, 1.807) is 0 Å². The van der Waals surface area contributed by atoms with Gasteiger partial charge in [-0.1, -0.05) is 158 Å². The van der Waals surface area contributed by atoms with E-state index in [1.165, 1.54) is 42.1 Å². The van der Waals surface area contributed by atoms with Gasteiger partial charge in [-0.3, -0.25) is 0 Å². The third-order valence-corrected chi connectivity index (χ3v) is 12.0. The highest BCUT2D eigenvalue weighted by Crippen LogP contribution is 2.49. The van der Waals surface area contributed by atoms with Gasteiger partial charge in [-0.05, 0) is 75.7 Å². The molecule has 9 aromatic carbocycles. The number of anilines is 3. The molecule has 2 heterocycles. The van der Waals surface area contributed by atoms with Crippen LogP contribution in [0, 0.1) is 0 Å². The molecule has 0 amide bonds. The average Bonchev–Trinajstić information content (AvgIpc) is 3.84. The second kappa shape index (κ2) is 12.9. The number of hydrogen-bond donors (Lipinski definition) is 0. The fourth-order valence-corrected chi connectivity index (χ4v) is 9.55. The van der Waals surface area contributed by atoms with Crippen molar-refractivity contribution >= 4 is 81.3 Å². The molecule has 258 valence electrons. The van der Waals surface area contributed by atoms with Crippen LogP contribution in [0.3, 0.4) is 0 Å². The molecular formula is C52H33NOS. The highest BCUT2D eigenvalue weighted by atomic mass is 32.1. The van der Waals surface area contributed by atoms with Crippen molar-refractivity contribution in [1.82, 2.24) is 0 Å². The highest BCUT2D eigenvalue weighted by molar-refractivity contribution is 7.26. The van der Waals surface area contributed by atoms with Crippen molar-refractivity contribution in [2.45, 2.75) is 0 Å². The summed E-state index contributed by atoms with van der Waals surface area (Å²) >= 11 is 1.85. The van der Waals surface area contributed by atoms with Gasteiger partial charge in [0.2, 0.25) is 0 Å². The molecule has 11 rings (SSSR count). The molecule has 0 saturated heterocycles. The number of benzene rings is 9. The van der Waals surface area contributed by atoms with Crippen molar-refractivity contribution in [3.8, 4) is 33.4 Å². The van der Waals surface area contributed by atoms with Crippen molar-refractivity contribution in [1.29, 1.82) is 0 Å². The zero-order valence-electron chi connectivity index (χ0n) is 29.8. The first-order valence-corrected chi connectivity index (χ1v) is 19.5. The van der Waals surface area contributed by atoms with Gasteiger partial charge < -0.3 is 9.32 Å². The molecule has 0 aliphatic heterocycles. The van der Waals surface area contributed by atoms with Crippen LogP contribution in [0.5, 0.6) is 0 Å². The molecule has 0 spiro atoms. The van der Waals surface area contributed by atoms with Gasteiger partial charge in [0.1, 0.15) is 11.2 Å². The molecule has 0 bridgehead atoms. The molecule has 0 radical (unpaired) electrons. The van der Waals surface area contributed by atoms with Gasteiger partial charge in [-0.25, -0.2) is 0 Å². The van der Waals surface area contributed by atoms with Crippen molar-refractivity contribution in [3.05, 3.63) is 200 Å².